The minimum atomic E-state index is -4.44. The van der Waals surface area contributed by atoms with Crippen molar-refractivity contribution < 1.29 is 18.0 Å². The van der Waals surface area contributed by atoms with E-state index in [1.807, 2.05) is 0 Å². The summed E-state index contributed by atoms with van der Waals surface area (Å²) in [7, 11) is 0. The van der Waals surface area contributed by atoms with Gasteiger partial charge in [-0.05, 0) is 43.7 Å². The fraction of sp³-hybridized carbons (Fsp3) is 0.450. The standard InChI is InChI=1S/C20H20ClF3N2OS/c1-12-2-5-18(28-12)14-11-15(14)19(27)26-8-6-25(7-9-26)17-10-13(21)3-4-16(17)20(22,23)24/h2-5,10,14-15H,6-9,11H2,1H3. The highest BCUT2D eigenvalue weighted by atomic mass is 35.5. The first-order valence-corrected chi connectivity index (χ1v) is 10.4. The first-order valence-electron chi connectivity index (χ1n) is 9.21. The maximum absolute atomic E-state index is 13.3. The molecule has 1 aliphatic carbocycles. The van der Waals surface area contributed by atoms with Crippen LogP contribution in [0.15, 0.2) is 30.3 Å². The molecule has 1 aromatic heterocycles. The molecule has 8 heteroatoms. The Balaban J connectivity index is 1.40. The Kier molecular flexibility index (Phi) is 5.08. The molecule has 0 spiro atoms. The van der Waals surface area contributed by atoms with Crippen LogP contribution < -0.4 is 4.90 Å². The number of carbonyl (C=O) groups is 1. The van der Waals surface area contributed by atoms with E-state index < -0.39 is 11.7 Å². The summed E-state index contributed by atoms with van der Waals surface area (Å²) in [6.45, 7) is 3.64. The lowest BCUT2D eigenvalue weighted by Gasteiger charge is -2.37. The van der Waals surface area contributed by atoms with Crippen LogP contribution in [0.4, 0.5) is 18.9 Å². The Morgan fingerprint density at radius 1 is 1.14 bits per heavy atom. The molecule has 0 N–H and O–H groups in total. The van der Waals surface area contributed by atoms with Crippen LogP contribution in [-0.4, -0.2) is 37.0 Å². The number of alkyl halides is 3. The maximum Gasteiger partial charge on any atom is 0.418 e. The van der Waals surface area contributed by atoms with Crippen LogP contribution in [0.1, 0.15) is 27.7 Å². The normalized spacial score (nSPS) is 22.5. The summed E-state index contributed by atoms with van der Waals surface area (Å²) in [4.78, 5) is 18.7. The molecule has 3 nitrogen and oxygen atoms in total. The van der Waals surface area contributed by atoms with Gasteiger partial charge in [-0.2, -0.15) is 13.2 Å². The number of piperazine rings is 1. The molecule has 150 valence electrons. The number of anilines is 1. The molecule has 2 aromatic rings. The zero-order chi connectivity index (χ0) is 20.1. The zero-order valence-corrected chi connectivity index (χ0v) is 16.9. The lowest BCUT2D eigenvalue weighted by Crippen LogP contribution is -2.49. The van der Waals surface area contributed by atoms with Gasteiger partial charge in [-0.15, -0.1) is 11.3 Å². The average Bonchev–Trinajstić information content (AvgIpc) is 3.34. The molecule has 0 radical (unpaired) electrons. The number of thiophene rings is 1. The molecule has 2 fully saturated rings. The average molecular weight is 429 g/mol. The van der Waals surface area contributed by atoms with Crippen molar-refractivity contribution in [2.24, 2.45) is 5.92 Å². The summed E-state index contributed by atoms with van der Waals surface area (Å²) in [5, 5.41) is 0.272. The van der Waals surface area contributed by atoms with Gasteiger partial charge < -0.3 is 9.80 Å². The Morgan fingerprint density at radius 3 is 2.46 bits per heavy atom. The van der Waals surface area contributed by atoms with Crippen molar-refractivity contribution in [3.05, 3.63) is 50.7 Å². The van der Waals surface area contributed by atoms with Crippen LogP contribution in [0.25, 0.3) is 0 Å². The molecule has 1 aliphatic heterocycles. The van der Waals surface area contributed by atoms with Crippen LogP contribution in [-0.2, 0) is 11.0 Å². The van der Waals surface area contributed by atoms with Crippen molar-refractivity contribution in [1.29, 1.82) is 0 Å². The van der Waals surface area contributed by atoms with Crippen LogP contribution in [0.5, 0.6) is 0 Å². The number of aryl methyl sites for hydroxylation is 1. The van der Waals surface area contributed by atoms with Crippen molar-refractivity contribution in [3.63, 3.8) is 0 Å². The first-order chi connectivity index (χ1) is 13.2. The Bertz CT molecular complexity index is 890. The SMILES string of the molecule is Cc1ccc(C2CC2C(=O)N2CCN(c3cc(Cl)ccc3C(F)(F)F)CC2)s1. The Morgan fingerprint density at radius 2 is 1.86 bits per heavy atom. The van der Waals surface area contributed by atoms with E-state index in [-0.39, 0.29) is 22.5 Å². The third kappa shape index (κ3) is 3.87. The van der Waals surface area contributed by atoms with Gasteiger partial charge >= 0.3 is 6.18 Å². The molecular formula is C20H20ClF3N2OS. The lowest BCUT2D eigenvalue weighted by atomic mass is 10.1. The number of halogens is 4. The number of hydrogen-bond acceptors (Lipinski definition) is 3. The van der Waals surface area contributed by atoms with E-state index in [0.717, 1.165) is 12.5 Å². The fourth-order valence-electron chi connectivity index (χ4n) is 3.84. The second kappa shape index (κ2) is 7.26. The molecule has 28 heavy (non-hydrogen) atoms. The summed E-state index contributed by atoms with van der Waals surface area (Å²) >= 11 is 7.66. The molecule has 2 aliphatic rings. The Labute approximate surface area is 170 Å². The Hall–Kier alpha value is -1.73. The number of nitrogens with zero attached hydrogens (tertiary/aromatic N) is 2. The van der Waals surface area contributed by atoms with Gasteiger partial charge in [0, 0.05) is 52.8 Å². The minimum absolute atomic E-state index is 0.0153. The highest BCUT2D eigenvalue weighted by Crippen LogP contribution is 2.50. The van der Waals surface area contributed by atoms with E-state index >= 15 is 0 Å². The van der Waals surface area contributed by atoms with Crippen molar-refractivity contribution in [2.75, 3.05) is 31.1 Å². The fourth-order valence-corrected chi connectivity index (χ4v) is 5.07. The van der Waals surface area contributed by atoms with Gasteiger partial charge in [0.05, 0.1) is 11.3 Å². The quantitative estimate of drug-likeness (QED) is 0.672. The highest BCUT2D eigenvalue weighted by Gasteiger charge is 2.47. The van der Waals surface area contributed by atoms with Gasteiger partial charge in [-0.1, -0.05) is 11.6 Å². The van der Waals surface area contributed by atoms with Crippen LogP contribution in [0.2, 0.25) is 5.02 Å². The predicted molar refractivity (Wildman–Crippen MR) is 105 cm³/mol. The molecule has 2 unspecified atom stereocenters. The number of carbonyl (C=O) groups excluding carboxylic acids is 1. The second-order valence-corrected chi connectivity index (χ2v) is 9.12. The van der Waals surface area contributed by atoms with Gasteiger partial charge in [0.2, 0.25) is 5.91 Å². The molecular weight excluding hydrogens is 409 g/mol. The molecule has 1 aromatic carbocycles. The van der Waals surface area contributed by atoms with E-state index in [2.05, 4.69) is 19.1 Å². The van der Waals surface area contributed by atoms with E-state index in [9.17, 15) is 18.0 Å². The highest BCUT2D eigenvalue weighted by molar-refractivity contribution is 7.12. The third-order valence-corrected chi connectivity index (χ3v) is 6.80. The van der Waals surface area contributed by atoms with Gasteiger partial charge in [0.1, 0.15) is 0 Å². The summed E-state index contributed by atoms with van der Waals surface area (Å²) in [5.74, 6) is 0.438. The first kappa shape index (κ1) is 19.6. The summed E-state index contributed by atoms with van der Waals surface area (Å²) < 4.78 is 40.0. The molecule has 0 bridgehead atoms. The van der Waals surface area contributed by atoms with E-state index in [0.29, 0.717) is 32.1 Å². The smallest absolute Gasteiger partial charge is 0.367 e. The third-order valence-electron chi connectivity index (χ3n) is 5.43. The number of amides is 1. The van der Waals surface area contributed by atoms with Gasteiger partial charge in [0.15, 0.2) is 0 Å². The van der Waals surface area contributed by atoms with Gasteiger partial charge in [-0.25, -0.2) is 0 Å². The summed E-state index contributed by atoms with van der Waals surface area (Å²) in [6.07, 6.45) is -3.57. The largest absolute Gasteiger partial charge is 0.418 e. The zero-order valence-electron chi connectivity index (χ0n) is 15.3. The monoisotopic (exact) mass is 428 g/mol. The van der Waals surface area contributed by atoms with Crippen LogP contribution >= 0.6 is 22.9 Å². The van der Waals surface area contributed by atoms with E-state index in [1.54, 1.807) is 21.1 Å². The number of benzene rings is 1. The summed E-state index contributed by atoms with van der Waals surface area (Å²) in [5.41, 5.74) is -0.600. The lowest BCUT2D eigenvalue weighted by molar-refractivity contribution is -0.137. The number of rotatable bonds is 3. The topological polar surface area (TPSA) is 23.6 Å². The second-order valence-electron chi connectivity index (χ2n) is 7.37. The van der Waals surface area contributed by atoms with Crippen molar-refractivity contribution in [3.8, 4) is 0 Å². The van der Waals surface area contributed by atoms with Gasteiger partial charge in [0.25, 0.3) is 0 Å². The van der Waals surface area contributed by atoms with Crippen LogP contribution in [0.3, 0.4) is 0 Å². The molecule has 2 heterocycles. The van der Waals surface area contributed by atoms with Crippen molar-refractivity contribution in [2.45, 2.75) is 25.4 Å². The number of hydrogen-bond donors (Lipinski definition) is 0. The van der Waals surface area contributed by atoms with Gasteiger partial charge in [-0.3, -0.25) is 4.79 Å². The molecule has 4 rings (SSSR count). The van der Waals surface area contributed by atoms with Crippen LogP contribution in [0, 0.1) is 12.8 Å². The predicted octanol–water partition coefficient (Wildman–Crippen LogP) is 5.18. The molecule has 1 amide bonds. The van der Waals surface area contributed by atoms with E-state index in [4.69, 9.17) is 11.6 Å². The molecule has 1 saturated heterocycles. The molecule has 2 atom stereocenters. The minimum Gasteiger partial charge on any atom is -0.367 e. The van der Waals surface area contributed by atoms with Crippen molar-refractivity contribution in [1.82, 2.24) is 4.90 Å². The summed E-state index contributed by atoms with van der Waals surface area (Å²) in [6, 6.07) is 7.80. The molecule has 1 saturated carbocycles. The van der Waals surface area contributed by atoms with E-state index in [1.165, 1.54) is 21.9 Å². The maximum atomic E-state index is 13.3. The van der Waals surface area contributed by atoms with Crippen molar-refractivity contribution >= 4 is 34.5 Å².